The number of benzene rings is 1. The number of ketones is 1. The van der Waals surface area contributed by atoms with Crippen LogP contribution in [0.3, 0.4) is 0 Å². The highest BCUT2D eigenvalue weighted by Gasteiger charge is 2.65. The zero-order chi connectivity index (χ0) is 28.0. The lowest BCUT2D eigenvalue weighted by molar-refractivity contribution is -0.128. The summed E-state index contributed by atoms with van der Waals surface area (Å²) in [6.45, 7) is 4.81. The number of sulfone groups is 1. The van der Waals surface area contributed by atoms with Crippen molar-refractivity contribution in [2.24, 2.45) is 16.7 Å². The van der Waals surface area contributed by atoms with Crippen molar-refractivity contribution in [2.45, 2.75) is 57.4 Å². The van der Waals surface area contributed by atoms with Crippen molar-refractivity contribution in [1.82, 2.24) is 14.8 Å². The first-order valence-electron chi connectivity index (χ1n) is 11.5. The molecule has 4 atom stereocenters. The molecular weight excluding hydrogens is 532 g/mol. The predicted octanol–water partition coefficient (Wildman–Crippen LogP) is 2.15. The second-order valence-electron chi connectivity index (χ2n) is 10.5. The van der Waals surface area contributed by atoms with Crippen molar-refractivity contribution in [3.05, 3.63) is 48.1 Å². The third-order valence-corrected chi connectivity index (χ3v) is 10.7. The van der Waals surface area contributed by atoms with Crippen molar-refractivity contribution in [3.63, 3.8) is 0 Å². The minimum absolute atomic E-state index is 0.0152. The highest BCUT2D eigenvalue weighted by Crippen LogP contribution is 2.64. The summed E-state index contributed by atoms with van der Waals surface area (Å²) in [5.41, 5.74) is -3.56. The molecule has 0 spiro atoms. The first-order valence-corrected chi connectivity index (χ1v) is 15.1. The molecule has 2 N–H and O–H groups in total. The second kappa shape index (κ2) is 9.79. The van der Waals surface area contributed by atoms with Crippen LogP contribution in [0.15, 0.2) is 30.9 Å². The highest BCUT2D eigenvalue weighted by atomic mass is 32.2. The molecule has 0 amide bonds. The Kier molecular flexibility index (Phi) is 7.74. The summed E-state index contributed by atoms with van der Waals surface area (Å²) < 4.78 is 83.0. The number of aromatic nitrogens is 3. The van der Waals surface area contributed by atoms with Gasteiger partial charge in [-0.3, -0.25) is 9.35 Å². The quantitative estimate of drug-likeness (QED) is 0.482. The average Bonchev–Trinajstić information content (AvgIpc) is 3.38. The predicted molar refractivity (Wildman–Crippen MR) is 130 cm³/mol. The fourth-order valence-electron chi connectivity index (χ4n) is 5.61. The van der Waals surface area contributed by atoms with E-state index >= 15 is 0 Å². The van der Waals surface area contributed by atoms with Crippen LogP contribution in [-0.2, 0) is 36.9 Å². The third kappa shape index (κ3) is 5.61. The maximum atomic E-state index is 14.1. The number of aliphatic hydroxyl groups is 1. The second-order valence-corrected chi connectivity index (χ2v) is 14.3. The molecule has 4 unspecified atom stereocenters. The summed E-state index contributed by atoms with van der Waals surface area (Å²) in [7, 11) is -7.79. The summed E-state index contributed by atoms with van der Waals surface area (Å²) >= 11 is 0. The van der Waals surface area contributed by atoms with Gasteiger partial charge in [-0.15, -0.1) is 0 Å². The molecule has 0 aliphatic heterocycles. The first-order chi connectivity index (χ1) is 16.8. The molecule has 10 nitrogen and oxygen atoms in total. The van der Waals surface area contributed by atoms with Crippen LogP contribution in [0.5, 0.6) is 0 Å². The number of hydrogen-bond donors (Lipinski definition) is 2. The van der Waals surface area contributed by atoms with Crippen molar-refractivity contribution in [2.75, 3.05) is 12.0 Å². The minimum Gasteiger partial charge on any atom is -0.382 e. The van der Waals surface area contributed by atoms with Crippen LogP contribution < -0.4 is 0 Å². The molecule has 37 heavy (non-hydrogen) atoms. The van der Waals surface area contributed by atoms with Gasteiger partial charge in [-0.25, -0.2) is 26.9 Å². The van der Waals surface area contributed by atoms with Gasteiger partial charge in [-0.05, 0) is 37.2 Å². The SMILES string of the molecule is CC(C(O)(Cn1cncn1)c1ccc(F)cc1F)S(C)(=O)=O.CC1(C)C2CCC1(CS(=O)(=O)O)C(=O)C2. The molecule has 1 aromatic heterocycles. The van der Waals surface area contributed by atoms with Gasteiger partial charge in [-0.1, -0.05) is 19.9 Å². The first kappa shape index (κ1) is 29.3. The number of halogens is 2. The number of Topliss-reactive ketones (excluding diaryl/α,β-unsaturated/α-hetero) is 1. The Bertz CT molecular complexity index is 1380. The Balaban J connectivity index is 0.000000220. The van der Waals surface area contributed by atoms with Crippen molar-refractivity contribution in [3.8, 4) is 0 Å². The van der Waals surface area contributed by atoms with Gasteiger partial charge < -0.3 is 5.11 Å². The van der Waals surface area contributed by atoms with E-state index in [4.69, 9.17) is 4.55 Å². The maximum Gasteiger partial charge on any atom is 0.265 e. The van der Waals surface area contributed by atoms with Crippen LogP contribution in [0.2, 0.25) is 0 Å². The number of carbonyl (C=O) groups excluding carboxylic acids is 1. The van der Waals surface area contributed by atoms with Crippen LogP contribution in [0.4, 0.5) is 8.78 Å². The number of hydrogen-bond acceptors (Lipinski definition) is 8. The molecule has 2 saturated carbocycles. The van der Waals surface area contributed by atoms with Gasteiger partial charge in [-0.2, -0.15) is 13.5 Å². The molecule has 2 aromatic rings. The van der Waals surface area contributed by atoms with E-state index in [9.17, 15) is 35.5 Å². The zero-order valence-corrected chi connectivity index (χ0v) is 22.6. The van der Waals surface area contributed by atoms with Crippen molar-refractivity contribution in [1.29, 1.82) is 0 Å². The van der Waals surface area contributed by atoms with E-state index < -0.39 is 53.6 Å². The molecule has 2 fully saturated rings. The van der Waals surface area contributed by atoms with Crippen LogP contribution in [0.25, 0.3) is 0 Å². The van der Waals surface area contributed by atoms with E-state index in [1.54, 1.807) is 0 Å². The van der Waals surface area contributed by atoms with Gasteiger partial charge in [0.25, 0.3) is 10.1 Å². The number of carbonyl (C=O) groups is 1. The van der Waals surface area contributed by atoms with Crippen LogP contribution in [0, 0.1) is 28.4 Å². The van der Waals surface area contributed by atoms with Crippen LogP contribution >= 0.6 is 0 Å². The van der Waals surface area contributed by atoms with Gasteiger partial charge in [0.2, 0.25) is 0 Å². The summed E-state index contributed by atoms with van der Waals surface area (Å²) in [5.74, 6) is -1.95. The normalized spacial score (nSPS) is 25.3. The lowest BCUT2D eigenvalue weighted by Gasteiger charge is -2.35. The molecule has 1 heterocycles. The zero-order valence-electron chi connectivity index (χ0n) is 20.9. The van der Waals surface area contributed by atoms with Crippen molar-refractivity contribution >= 4 is 25.7 Å². The van der Waals surface area contributed by atoms with E-state index in [-0.39, 0.29) is 29.2 Å². The summed E-state index contributed by atoms with van der Waals surface area (Å²) in [5, 5.41) is 13.3. The van der Waals surface area contributed by atoms with Gasteiger partial charge in [0.05, 0.1) is 23.0 Å². The Morgan fingerprint density at radius 2 is 1.89 bits per heavy atom. The Hall–Kier alpha value is -2.29. The summed E-state index contributed by atoms with van der Waals surface area (Å²) in [4.78, 5) is 15.6. The Morgan fingerprint density at radius 1 is 1.24 bits per heavy atom. The third-order valence-electron chi connectivity index (χ3n) is 8.15. The summed E-state index contributed by atoms with van der Waals surface area (Å²) in [6, 6.07) is 2.58. The maximum absolute atomic E-state index is 14.1. The van der Waals surface area contributed by atoms with E-state index in [0.717, 1.165) is 24.8 Å². The van der Waals surface area contributed by atoms with Crippen LogP contribution in [-0.4, -0.2) is 64.3 Å². The largest absolute Gasteiger partial charge is 0.382 e. The number of fused-ring (bicyclic) bond motifs is 2. The van der Waals surface area contributed by atoms with E-state index in [0.29, 0.717) is 18.9 Å². The van der Waals surface area contributed by atoms with E-state index in [2.05, 4.69) is 10.1 Å². The molecule has 4 rings (SSSR count). The Morgan fingerprint density at radius 3 is 2.32 bits per heavy atom. The topological polar surface area (TPSA) is 157 Å². The smallest absolute Gasteiger partial charge is 0.265 e. The highest BCUT2D eigenvalue weighted by molar-refractivity contribution is 7.91. The lowest BCUT2D eigenvalue weighted by atomic mass is 9.70. The molecule has 14 heteroatoms. The fourth-order valence-corrected chi connectivity index (χ4v) is 7.82. The Labute approximate surface area is 214 Å². The molecule has 2 aliphatic rings. The number of nitrogens with zero attached hydrogens (tertiary/aromatic N) is 3. The van der Waals surface area contributed by atoms with Gasteiger partial charge >= 0.3 is 0 Å². The van der Waals surface area contributed by atoms with E-state index in [1.165, 1.54) is 24.3 Å². The summed E-state index contributed by atoms with van der Waals surface area (Å²) in [6.07, 6.45) is 5.37. The van der Waals surface area contributed by atoms with Gasteiger partial charge in [0, 0.05) is 24.3 Å². The monoisotopic (exact) mass is 563 g/mol. The molecule has 206 valence electrons. The van der Waals surface area contributed by atoms with Crippen LogP contribution in [0.1, 0.15) is 45.6 Å². The molecular formula is C23H31F2N3O7S2. The average molecular weight is 564 g/mol. The fraction of sp³-hybridized carbons (Fsp3) is 0.609. The minimum atomic E-state index is -4.08. The van der Waals surface area contributed by atoms with Crippen molar-refractivity contribution < 1.29 is 40.1 Å². The van der Waals surface area contributed by atoms with Gasteiger partial charge in [0.15, 0.2) is 9.84 Å². The van der Waals surface area contributed by atoms with Gasteiger partial charge in [0.1, 0.15) is 35.7 Å². The molecule has 0 radical (unpaired) electrons. The molecule has 2 aliphatic carbocycles. The number of rotatable bonds is 7. The standard InChI is InChI=1S/C13H15F2N3O3S.C10H16O4S/c1-9(22(2,20)21)13(19,6-18-8-16-7-17-18)11-4-3-10(14)5-12(11)15;1-9(2)7-3-4-10(9,8(11)5-7)6-15(12,13)14/h3-5,7-9,19H,6H2,1-2H3;7H,3-6H2,1-2H3,(H,12,13,14). The lowest BCUT2D eigenvalue weighted by Crippen LogP contribution is -2.46. The van der Waals surface area contributed by atoms with E-state index in [1.807, 2.05) is 13.8 Å². The molecule has 1 aromatic carbocycles. The molecule has 2 bridgehead atoms. The molecule has 0 saturated heterocycles.